The lowest BCUT2D eigenvalue weighted by Crippen LogP contribution is -2.13. The van der Waals surface area contributed by atoms with Crippen LogP contribution < -0.4 is 0 Å². The Morgan fingerprint density at radius 3 is 2.24 bits per heavy atom. The fourth-order valence-electron chi connectivity index (χ4n) is 3.12. The van der Waals surface area contributed by atoms with Crippen molar-refractivity contribution < 1.29 is 0 Å². The van der Waals surface area contributed by atoms with Gasteiger partial charge in [0.25, 0.3) is 0 Å². The Kier molecular flexibility index (Phi) is 4.65. The summed E-state index contributed by atoms with van der Waals surface area (Å²) in [5.74, 6) is 1.87. The maximum atomic E-state index is 2.34. The van der Waals surface area contributed by atoms with Crippen LogP contribution in [0.4, 0.5) is 0 Å². The second kappa shape index (κ2) is 6.23. The van der Waals surface area contributed by atoms with E-state index in [1.807, 2.05) is 0 Å². The van der Waals surface area contributed by atoms with E-state index in [2.05, 4.69) is 38.1 Å². The van der Waals surface area contributed by atoms with Gasteiger partial charge in [0.2, 0.25) is 0 Å². The van der Waals surface area contributed by atoms with E-state index in [1.165, 1.54) is 50.5 Å². The Hall–Kier alpha value is -0.780. The third-order valence-corrected chi connectivity index (χ3v) is 4.36. The molecule has 0 heterocycles. The third-order valence-electron chi connectivity index (χ3n) is 4.36. The predicted octanol–water partition coefficient (Wildman–Crippen LogP) is 5.46. The first-order chi connectivity index (χ1) is 8.29. The molecule has 0 atom stereocenters. The highest BCUT2D eigenvalue weighted by molar-refractivity contribution is 5.24. The quantitative estimate of drug-likeness (QED) is 0.644. The molecule has 1 saturated carbocycles. The van der Waals surface area contributed by atoms with Crippen LogP contribution in [-0.4, -0.2) is 0 Å². The van der Waals surface area contributed by atoms with E-state index in [4.69, 9.17) is 0 Å². The Morgan fingerprint density at radius 2 is 1.65 bits per heavy atom. The predicted molar refractivity (Wildman–Crippen MR) is 75.4 cm³/mol. The first-order valence-corrected chi connectivity index (χ1v) is 7.36. The number of benzene rings is 1. The lowest BCUT2D eigenvalue weighted by Gasteiger charge is -2.28. The van der Waals surface area contributed by atoms with Crippen LogP contribution in [0, 0.1) is 12.8 Å². The van der Waals surface area contributed by atoms with Crippen molar-refractivity contribution >= 4 is 0 Å². The SMILES string of the molecule is CCCCC1CCC(c2ccc(C)cc2)CC1. The Balaban J connectivity index is 1.84. The van der Waals surface area contributed by atoms with Gasteiger partial charge in [0.15, 0.2) is 0 Å². The lowest BCUT2D eigenvalue weighted by molar-refractivity contribution is 0.304. The van der Waals surface area contributed by atoms with Crippen LogP contribution in [-0.2, 0) is 0 Å². The van der Waals surface area contributed by atoms with Crippen molar-refractivity contribution in [3.8, 4) is 0 Å². The molecule has 0 saturated heterocycles. The van der Waals surface area contributed by atoms with E-state index in [0.717, 1.165) is 11.8 Å². The minimum Gasteiger partial charge on any atom is -0.0654 e. The average Bonchev–Trinajstić information content (AvgIpc) is 2.38. The molecule has 0 aromatic heterocycles. The second-order valence-electron chi connectivity index (χ2n) is 5.77. The Bertz CT molecular complexity index is 314. The topological polar surface area (TPSA) is 0 Å². The summed E-state index contributed by atoms with van der Waals surface area (Å²) in [6.07, 6.45) is 10.0. The van der Waals surface area contributed by atoms with E-state index in [1.54, 1.807) is 5.56 Å². The Morgan fingerprint density at radius 1 is 1.00 bits per heavy atom. The van der Waals surface area contributed by atoms with Crippen molar-refractivity contribution in [3.63, 3.8) is 0 Å². The molecule has 0 radical (unpaired) electrons. The zero-order valence-electron chi connectivity index (χ0n) is 11.4. The highest BCUT2D eigenvalue weighted by Gasteiger charge is 2.21. The minimum atomic E-state index is 0.841. The molecule has 0 spiro atoms. The van der Waals surface area contributed by atoms with Gasteiger partial charge in [0.05, 0.1) is 0 Å². The van der Waals surface area contributed by atoms with Crippen molar-refractivity contribution in [3.05, 3.63) is 35.4 Å². The molecule has 1 aromatic rings. The standard InChI is InChI=1S/C17H26/c1-3-4-5-15-8-12-17(13-9-15)16-10-6-14(2)7-11-16/h6-7,10-11,15,17H,3-5,8-9,12-13H2,1-2H3. The van der Waals surface area contributed by atoms with Gasteiger partial charge in [-0.05, 0) is 50.0 Å². The molecule has 0 unspecified atom stereocenters. The largest absolute Gasteiger partial charge is 0.0654 e. The molecule has 0 nitrogen and oxygen atoms in total. The molecule has 1 aromatic carbocycles. The van der Waals surface area contributed by atoms with E-state index in [0.29, 0.717) is 0 Å². The van der Waals surface area contributed by atoms with Gasteiger partial charge in [-0.25, -0.2) is 0 Å². The first-order valence-electron chi connectivity index (χ1n) is 7.36. The zero-order chi connectivity index (χ0) is 12.1. The summed E-state index contributed by atoms with van der Waals surface area (Å²) in [6, 6.07) is 9.20. The van der Waals surface area contributed by atoms with Crippen LogP contribution in [0.25, 0.3) is 0 Å². The summed E-state index contributed by atoms with van der Waals surface area (Å²) in [5, 5.41) is 0. The molecule has 0 heteroatoms. The molecule has 17 heavy (non-hydrogen) atoms. The summed E-state index contributed by atoms with van der Waals surface area (Å²) in [5.41, 5.74) is 2.95. The van der Waals surface area contributed by atoms with Crippen LogP contribution in [0.15, 0.2) is 24.3 Å². The van der Waals surface area contributed by atoms with Gasteiger partial charge in [-0.15, -0.1) is 0 Å². The van der Waals surface area contributed by atoms with Gasteiger partial charge in [-0.1, -0.05) is 56.0 Å². The van der Waals surface area contributed by atoms with Gasteiger partial charge >= 0.3 is 0 Å². The summed E-state index contributed by atoms with van der Waals surface area (Å²) < 4.78 is 0. The van der Waals surface area contributed by atoms with Crippen LogP contribution in [0.5, 0.6) is 0 Å². The molecule has 94 valence electrons. The zero-order valence-corrected chi connectivity index (χ0v) is 11.4. The minimum absolute atomic E-state index is 0.841. The number of hydrogen-bond acceptors (Lipinski definition) is 0. The normalized spacial score (nSPS) is 24.8. The monoisotopic (exact) mass is 230 g/mol. The van der Waals surface area contributed by atoms with Crippen molar-refractivity contribution in [2.45, 2.75) is 64.7 Å². The molecule has 0 aliphatic heterocycles. The summed E-state index contributed by atoms with van der Waals surface area (Å²) in [4.78, 5) is 0. The lowest BCUT2D eigenvalue weighted by atomic mass is 9.77. The van der Waals surface area contributed by atoms with Gasteiger partial charge in [-0.2, -0.15) is 0 Å². The highest BCUT2D eigenvalue weighted by atomic mass is 14.3. The Labute approximate surface area is 106 Å². The number of unbranched alkanes of at least 4 members (excludes halogenated alkanes) is 1. The van der Waals surface area contributed by atoms with E-state index >= 15 is 0 Å². The molecular formula is C17H26. The molecule has 1 fully saturated rings. The molecule has 2 rings (SSSR count). The maximum absolute atomic E-state index is 2.34. The van der Waals surface area contributed by atoms with Crippen molar-refractivity contribution in [2.24, 2.45) is 5.92 Å². The summed E-state index contributed by atoms with van der Waals surface area (Å²) >= 11 is 0. The summed E-state index contributed by atoms with van der Waals surface area (Å²) in [6.45, 7) is 4.48. The van der Waals surface area contributed by atoms with Crippen molar-refractivity contribution in [1.29, 1.82) is 0 Å². The number of hydrogen-bond donors (Lipinski definition) is 0. The number of aryl methyl sites for hydroxylation is 1. The van der Waals surface area contributed by atoms with Crippen molar-refractivity contribution in [1.82, 2.24) is 0 Å². The molecule has 0 N–H and O–H groups in total. The van der Waals surface area contributed by atoms with Crippen LogP contribution in [0.1, 0.15) is 68.9 Å². The molecule has 0 bridgehead atoms. The van der Waals surface area contributed by atoms with E-state index < -0.39 is 0 Å². The van der Waals surface area contributed by atoms with Gasteiger partial charge in [0.1, 0.15) is 0 Å². The number of rotatable bonds is 4. The molecule has 0 amide bonds. The molecule has 1 aliphatic rings. The van der Waals surface area contributed by atoms with E-state index in [-0.39, 0.29) is 0 Å². The molecule has 1 aliphatic carbocycles. The third kappa shape index (κ3) is 3.59. The fourth-order valence-corrected chi connectivity index (χ4v) is 3.12. The van der Waals surface area contributed by atoms with E-state index in [9.17, 15) is 0 Å². The van der Waals surface area contributed by atoms with Gasteiger partial charge in [0, 0.05) is 0 Å². The van der Waals surface area contributed by atoms with Crippen LogP contribution in [0.2, 0.25) is 0 Å². The van der Waals surface area contributed by atoms with Crippen LogP contribution >= 0.6 is 0 Å². The maximum Gasteiger partial charge on any atom is -0.0162 e. The fraction of sp³-hybridized carbons (Fsp3) is 0.647. The molecular weight excluding hydrogens is 204 g/mol. The van der Waals surface area contributed by atoms with Gasteiger partial charge < -0.3 is 0 Å². The summed E-state index contributed by atoms with van der Waals surface area (Å²) in [7, 11) is 0. The highest BCUT2D eigenvalue weighted by Crippen LogP contribution is 2.37. The first kappa shape index (κ1) is 12.7. The van der Waals surface area contributed by atoms with Crippen molar-refractivity contribution in [2.75, 3.05) is 0 Å². The second-order valence-corrected chi connectivity index (χ2v) is 5.77. The van der Waals surface area contributed by atoms with Gasteiger partial charge in [-0.3, -0.25) is 0 Å². The average molecular weight is 230 g/mol. The smallest absolute Gasteiger partial charge is 0.0162 e. The van der Waals surface area contributed by atoms with Crippen LogP contribution in [0.3, 0.4) is 0 Å².